The summed E-state index contributed by atoms with van der Waals surface area (Å²) in [5.74, 6) is -1.51. The molecule has 0 aliphatic carbocycles. The maximum atomic E-state index is 11.6. The molecule has 7 nitrogen and oxygen atoms in total. The first-order valence-corrected chi connectivity index (χ1v) is 4.59. The molecule has 0 unspecified atom stereocenters. The fraction of sp³-hybridized carbons (Fsp3) is 0.444. The average molecular weight is 226 g/mol. The van der Waals surface area contributed by atoms with Gasteiger partial charge < -0.3 is 16.2 Å². The maximum absolute atomic E-state index is 11.6. The van der Waals surface area contributed by atoms with Crippen LogP contribution in [0.25, 0.3) is 0 Å². The van der Waals surface area contributed by atoms with Crippen LogP contribution in [0.3, 0.4) is 0 Å². The summed E-state index contributed by atoms with van der Waals surface area (Å²) in [6, 6.07) is 0. The first-order valence-electron chi connectivity index (χ1n) is 4.59. The van der Waals surface area contributed by atoms with Crippen molar-refractivity contribution in [3.63, 3.8) is 0 Å². The third-order valence-corrected chi connectivity index (χ3v) is 1.99. The zero-order valence-electron chi connectivity index (χ0n) is 9.31. The number of nitrogens with two attached hydrogens (primary N) is 1. The molecule has 0 bridgehead atoms. The van der Waals surface area contributed by atoms with E-state index in [4.69, 9.17) is 10.8 Å². The van der Waals surface area contributed by atoms with E-state index in [-0.39, 0.29) is 11.4 Å². The minimum Gasteiger partial charge on any atom is -0.477 e. The number of rotatable bonds is 3. The van der Waals surface area contributed by atoms with Crippen molar-refractivity contribution in [2.75, 3.05) is 5.32 Å². The van der Waals surface area contributed by atoms with E-state index in [9.17, 15) is 9.59 Å². The van der Waals surface area contributed by atoms with Crippen molar-refractivity contribution in [3.8, 4) is 0 Å². The summed E-state index contributed by atoms with van der Waals surface area (Å²) in [7, 11) is 1.53. The van der Waals surface area contributed by atoms with Gasteiger partial charge in [0.05, 0.1) is 11.7 Å². The third-order valence-electron chi connectivity index (χ3n) is 1.99. The molecule has 1 amide bonds. The van der Waals surface area contributed by atoms with Gasteiger partial charge in [-0.2, -0.15) is 5.10 Å². The number of carboxylic acids is 1. The van der Waals surface area contributed by atoms with Crippen LogP contribution in [0.5, 0.6) is 0 Å². The molecule has 1 rings (SSSR count). The second-order valence-electron chi connectivity index (χ2n) is 4.01. The summed E-state index contributed by atoms with van der Waals surface area (Å²) in [5.41, 5.74) is 4.43. The Hall–Kier alpha value is -1.89. The van der Waals surface area contributed by atoms with Gasteiger partial charge in [0, 0.05) is 7.05 Å². The number of aromatic nitrogens is 2. The number of carbonyl (C=O) groups excluding carboxylic acids is 1. The quantitative estimate of drug-likeness (QED) is 0.660. The van der Waals surface area contributed by atoms with Crippen LogP contribution < -0.4 is 11.1 Å². The smallest absolute Gasteiger partial charge is 0.341 e. The molecular weight excluding hydrogens is 212 g/mol. The number of hydrogen-bond donors (Lipinski definition) is 3. The molecule has 0 saturated heterocycles. The van der Waals surface area contributed by atoms with Gasteiger partial charge in [-0.15, -0.1) is 0 Å². The number of nitrogens with zero attached hydrogens (tertiary/aromatic N) is 2. The SMILES string of the molecule is Cn1ncc(C(=O)O)c1NC(=O)C(C)(C)N. The van der Waals surface area contributed by atoms with Crippen LogP contribution in [0.1, 0.15) is 24.2 Å². The van der Waals surface area contributed by atoms with Crippen LogP contribution >= 0.6 is 0 Å². The van der Waals surface area contributed by atoms with Gasteiger partial charge in [0.25, 0.3) is 0 Å². The maximum Gasteiger partial charge on any atom is 0.341 e. The Kier molecular flexibility index (Phi) is 2.99. The molecule has 1 aromatic heterocycles. The van der Waals surface area contributed by atoms with E-state index in [1.165, 1.54) is 31.8 Å². The van der Waals surface area contributed by atoms with Crippen molar-refractivity contribution in [3.05, 3.63) is 11.8 Å². The highest BCUT2D eigenvalue weighted by atomic mass is 16.4. The Labute approximate surface area is 92.2 Å². The fourth-order valence-electron chi connectivity index (χ4n) is 1.01. The molecule has 1 heterocycles. The molecule has 0 aromatic carbocycles. The van der Waals surface area contributed by atoms with Gasteiger partial charge >= 0.3 is 5.97 Å². The van der Waals surface area contributed by atoms with Gasteiger partial charge in [0.1, 0.15) is 11.4 Å². The number of carboxylic acid groups (broad SMARTS) is 1. The van der Waals surface area contributed by atoms with Gasteiger partial charge in [-0.3, -0.25) is 9.48 Å². The number of amides is 1. The van der Waals surface area contributed by atoms with Crippen molar-refractivity contribution < 1.29 is 14.7 Å². The van der Waals surface area contributed by atoms with Crippen LogP contribution in [0, 0.1) is 0 Å². The molecule has 88 valence electrons. The Bertz CT molecular complexity index is 430. The molecule has 1 aromatic rings. The fourth-order valence-corrected chi connectivity index (χ4v) is 1.01. The molecule has 7 heteroatoms. The molecule has 0 fully saturated rings. The monoisotopic (exact) mass is 226 g/mol. The molecule has 0 saturated carbocycles. The van der Waals surface area contributed by atoms with Gasteiger partial charge in [-0.05, 0) is 13.8 Å². The van der Waals surface area contributed by atoms with E-state index in [0.29, 0.717) is 0 Å². The first-order chi connectivity index (χ1) is 7.23. The molecule has 0 aliphatic rings. The summed E-state index contributed by atoms with van der Waals surface area (Å²) < 4.78 is 1.27. The van der Waals surface area contributed by atoms with Crippen LogP contribution in [0.4, 0.5) is 5.82 Å². The summed E-state index contributed by atoms with van der Waals surface area (Å²) in [4.78, 5) is 22.4. The van der Waals surface area contributed by atoms with Crippen LogP contribution in [-0.2, 0) is 11.8 Å². The standard InChI is InChI=1S/C9H14N4O3/c1-9(2,10)8(16)12-6-5(7(14)15)4-11-13(6)3/h4H,10H2,1-3H3,(H,12,16)(H,14,15). The van der Waals surface area contributed by atoms with E-state index >= 15 is 0 Å². The van der Waals surface area contributed by atoms with E-state index in [2.05, 4.69) is 10.4 Å². The highest BCUT2D eigenvalue weighted by Crippen LogP contribution is 2.15. The number of carbonyl (C=O) groups is 2. The predicted molar refractivity (Wildman–Crippen MR) is 57.1 cm³/mol. The molecule has 16 heavy (non-hydrogen) atoms. The van der Waals surface area contributed by atoms with Gasteiger partial charge in [-0.25, -0.2) is 4.79 Å². The van der Waals surface area contributed by atoms with E-state index in [0.717, 1.165) is 0 Å². The third kappa shape index (κ3) is 2.37. The second kappa shape index (κ2) is 3.93. The molecule has 0 radical (unpaired) electrons. The Morgan fingerprint density at radius 1 is 1.56 bits per heavy atom. The number of aromatic carboxylic acids is 1. The lowest BCUT2D eigenvalue weighted by Crippen LogP contribution is -2.45. The molecule has 4 N–H and O–H groups in total. The summed E-state index contributed by atoms with van der Waals surface area (Å²) in [5, 5.41) is 15.0. The van der Waals surface area contributed by atoms with Gasteiger partial charge in [0.15, 0.2) is 0 Å². The Balaban J connectivity index is 3.02. The van der Waals surface area contributed by atoms with Crippen molar-refractivity contribution in [1.29, 1.82) is 0 Å². The normalized spacial score (nSPS) is 11.2. The van der Waals surface area contributed by atoms with Crippen molar-refractivity contribution in [1.82, 2.24) is 9.78 Å². The average Bonchev–Trinajstić information content (AvgIpc) is 2.46. The lowest BCUT2D eigenvalue weighted by atomic mass is 10.1. The predicted octanol–water partition coefficient (Wildman–Crippen LogP) is -0.206. The van der Waals surface area contributed by atoms with E-state index in [1.54, 1.807) is 0 Å². The highest BCUT2D eigenvalue weighted by Gasteiger charge is 2.25. The molecule has 0 aliphatic heterocycles. The zero-order valence-corrected chi connectivity index (χ0v) is 9.31. The first kappa shape index (κ1) is 12.2. The molecular formula is C9H14N4O3. The second-order valence-corrected chi connectivity index (χ2v) is 4.01. The summed E-state index contributed by atoms with van der Waals surface area (Å²) >= 11 is 0. The highest BCUT2D eigenvalue weighted by molar-refractivity contribution is 6.02. The minimum absolute atomic E-state index is 0.0694. The van der Waals surface area contributed by atoms with Gasteiger partial charge in [0.2, 0.25) is 5.91 Å². The topological polar surface area (TPSA) is 110 Å². The lowest BCUT2D eigenvalue weighted by Gasteiger charge is -2.18. The summed E-state index contributed by atoms with van der Waals surface area (Å²) in [6.07, 6.45) is 1.17. The van der Waals surface area contributed by atoms with Crippen LogP contribution in [0.2, 0.25) is 0 Å². The number of aryl methyl sites for hydroxylation is 1. The number of hydrogen-bond acceptors (Lipinski definition) is 4. The zero-order chi connectivity index (χ0) is 12.5. The van der Waals surface area contributed by atoms with Crippen LogP contribution in [-0.4, -0.2) is 32.3 Å². The number of anilines is 1. The van der Waals surface area contributed by atoms with Crippen LogP contribution in [0.15, 0.2) is 6.20 Å². The lowest BCUT2D eigenvalue weighted by molar-refractivity contribution is -0.120. The Morgan fingerprint density at radius 2 is 2.12 bits per heavy atom. The van der Waals surface area contributed by atoms with Crippen molar-refractivity contribution in [2.45, 2.75) is 19.4 Å². The summed E-state index contributed by atoms with van der Waals surface area (Å²) in [6.45, 7) is 3.05. The molecule has 0 atom stereocenters. The van der Waals surface area contributed by atoms with E-state index < -0.39 is 17.4 Å². The largest absolute Gasteiger partial charge is 0.477 e. The van der Waals surface area contributed by atoms with Gasteiger partial charge in [-0.1, -0.05) is 0 Å². The molecule has 0 spiro atoms. The Morgan fingerprint density at radius 3 is 2.56 bits per heavy atom. The minimum atomic E-state index is -1.15. The van der Waals surface area contributed by atoms with E-state index in [1.807, 2.05) is 0 Å². The number of nitrogens with one attached hydrogen (secondary N) is 1. The van der Waals surface area contributed by atoms with Crippen molar-refractivity contribution >= 4 is 17.7 Å². The van der Waals surface area contributed by atoms with Crippen molar-refractivity contribution in [2.24, 2.45) is 12.8 Å².